The minimum atomic E-state index is -1.31. The quantitative estimate of drug-likeness (QED) is 0.831. The molecule has 1 heterocycles. The van der Waals surface area contributed by atoms with E-state index in [1.165, 1.54) is 30.9 Å². The molecule has 2 N–H and O–H groups in total. The molecule has 0 unspecified atom stereocenters. The average molecular weight is 319 g/mol. The first kappa shape index (κ1) is 16.6. The van der Waals surface area contributed by atoms with Crippen molar-refractivity contribution in [3.63, 3.8) is 0 Å². The summed E-state index contributed by atoms with van der Waals surface area (Å²) in [6.45, 7) is -0.299. The van der Waals surface area contributed by atoms with Crippen molar-refractivity contribution in [2.75, 3.05) is 20.8 Å². The van der Waals surface area contributed by atoms with Crippen LogP contribution in [0.15, 0.2) is 35.1 Å². The fourth-order valence-corrected chi connectivity index (χ4v) is 2.31. The van der Waals surface area contributed by atoms with Crippen LogP contribution < -0.4 is 15.0 Å². The Hall–Kier alpha value is -2.80. The number of rotatable bonds is 6. The summed E-state index contributed by atoms with van der Waals surface area (Å²) in [7, 11) is 3.01. The number of benzene rings is 1. The maximum atomic E-state index is 12.3. The fraction of sp³-hybridized carbons (Fsp3) is 0.250. The zero-order chi connectivity index (χ0) is 17.0. The Kier molecular flexibility index (Phi) is 5.02. The van der Waals surface area contributed by atoms with Gasteiger partial charge in [-0.15, -0.1) is 0 Å². The van der Waals surface area contributed by atoms with E-state index in [1.54, 1.807) is 18.2 Å². The number of methoxy groups -OCH3 is 2. The Morgan fingerprint density at radius 2 is 1.83 bits per heavy atom. The van der Waals surface area contributed by atoms with E-state index < -0.39 is 11.5 Å². The monoisotopic (exact) mass is 319 g/mol. The summed E-state index contributed by atoms with van der Waals surface area (Å²) >= 11 is 0. The van der Waals surface area contributed by atoms with Gasteiger partial charge in [-0.3, -0.25) is 4.79 Å². The van der Waals surface area contributed by atoms with Crippen LogP contribution in [0.1, 0.15) is 10.4 Å². The zero-order valence-electron chi connectivity index (χ0n) is 12.8. The minimum absolute atomic E-state index is 0.0103. The molecule has 0 aliphatic rings. The van der Waals surface area contributed by atoms with E-state index in [1.807, 2.05) is 0 Å². The van der Waals surface area contributed by atoms with Gasteiger partial charge in [0.05, 0.1) is 26.5 Å². The number of hydrogen-bond donors (Lipinski definition) is 2. The van der Waals surface area contributed by atoms with Crippen molar-refractivity contribution in [1.82, 2.24) is 4.57 Å². The molecule has 0 bridgehead atoms. The lowest BCUT2D eigenvalue weighted by atomic mass is 10.1. The average Bonchev–Trinajstić information content (AvgIpc) is 2.55. The number of carboxylic acids is 1. The molecule has 0 aliphatic heterocycles. The molecule has 0 fully saturated rings. The first-order chi connectivity index (χ1) is 11.0. The standard InChI is InChI=1S/C16H17NO6/c1-22-13-6-3-10(9-14(13)23-2)12-5-4-11(16(20)21)15(19)17(12)7-8-18/h3-6,9,18H,7-8H2,1-2H3,(H,20,21). The van der Waals surface area contributed by atoms with Gasteiger partial charge in [-0.25, -0.2) is 4.79 Å². The Morgan fingerprint density at radius 3 is 2.39 bits per heavy atom. The molecule has 23 heavy (non-hydrogen) atoms. The highest BCUT2D eigenvalue weighted by Gasteiger charge is 2.16. The van der Waals surface area contributed by atoms with Crippen molar-refractivity contribution in [2.45, 2.75) is 6.54 Å². The summed E-state index contributed by atoms with van der Waals surface area (Å²) in [4.78, 5) is 23.4. The Bertz CT molecular complexity index is 781. The van der Waals surface area contributed by atoms with Crippen LogP contribution in [0.25, 0.3) is 11.3 Å². The van der Waals surface area contributed by atoms with E-state index in [4.69, 9.17) is 14.6 Å². The summed E-state index contributed by atoms with van der Waals surface area (Å²) in [6, 6.07) is 7.88. The molecule has 7 nitrogen and oxygen atoms in total. The van der Waals surface area contributed by atoms with Gasteiger partial charge in [0.25, 0.3) is 5.56 Å². The number of pyridine rings is 1. The summed E-state index contributed by atoms with van der Waals surface area (Å²) in [5.41, 5.74) is 0.113. The predicted molar refractivity (Wildman–Crippen MR) is 83.3 cm³/mol. The lowest BCUT2D eigenvalue weighted by molar-refractivity contribution is 0.0694. The highest BCUT2D eigenvalue weighted by molar-refractivity contribution is 5.87. The van der Waals surface area contributed by atoms with E-state index in [-0.39, 0.29) is 18.7 Å². The molecule has 0 spiro atoms. The summed E-state index contributed by atoms with van der Waals surface area (Å²) < 4.78 is 11.6. The van der Waals surface area contributed by atoms with Crippen molar-refractivity contribution in [3.8, 4) is 22.8 Å². The van der Waals surface area contributed by atoms with Crippen molar-refractivity contribution < 1.29 is 24.5 Å². The van der Waals surface area contributed by atoms with Crippen LogP contribution in [-0.4, -0.2) is 41.6 Å². The van der Waals surface area contributed by atoms with Gasteiger partial charge in [-0.05, 0) is 30.3 Å². The third kappa shape index (κ3) is 3.19. The van der Waals surface area contributed by atoms with Crippen molar-refractivity contribution >= 4 is 5.97 Å². The molecule has 1 aromatic heterocycles. The highest BCUT2D eigenvalue weighted by Crippen LogP contribution is 2.32. The van der Waals surface area contributed by atoms with Crippen LogP contribution in [0.3, 0.4) is 0 Å². The molecule has 0 amide bonds. The Balaban J connectivity index is 2.65. The Labute approximate surface area is 132 Å². The highest BCUT2D eigenvalue weighted by atomic mass is 16.5. The van der Waals surface area contributed by atoms with Crippen LogP contribution in [0.5, 0.6) is 11.5 Å². The number of hydrogen-bond acceptors (Lipinski definition) is 5. The number of nitrogens with zero attached hydrogens (tertiary/aromatic N) is 1. The third-order valence-electron chi connectivity index (χ3n) is 3.41. The molecule has 2 rings (SSSR count). The van der Waals surface area contributed by atoms with Gasteiger partial charge in [-0.2, -0.15) is 0 Å². The lowest BCUT2D eigenvalue weighted by Crippen LogP contribution is -2.28. The first-order valence-electron chi connectivity index (χ1n) is 6.83. The Morgan fingerprint density at radius 1 is 1.13 bits per heavy atom. The van der Waals surface area contributed by atoms with Gasteiger partial charge in [0, 0.05) is 12.1 Å². The van der Waals surface area contributed by atoms with E-state index in [0.29, 0.717) is 22.8 Å². The molecular weight excluding hydrogens is 302 g/mol. The molecule has 0 radical (unpaired) electrons. The van der Waals surface area contributed by atoms with Crippen molar-refractivity contribution in [3.05, 3.63) is 46.2 Å². The SMILES string of the molecule is COc1ccc(-c2ccc(C(=O)O)c(=O)n2CCO)cc1OC. The van der Waals surface area contributed by atoms with Crippen molar-refractivity contribution in [1.29, 1.82) is 0 Å². The first-order valence-corrected chi connectivity index (χ1v) is 6.83. The maximum Gasteiger partial charge on any atom is 0.341 e. The van der Waals surface area contributed by atoms with Gasteiger partial charge in [-0.1, -0.05) is 0 Å². The largest absolute Gasteiger partial charge is 0.493 e. The number of aliphatic hydroxyl groups excluding tert-OH is 1. The normalized spacial score (nSPS) is 10.4. The van der Waals surface area contributed by atoms with Crippen LogP contribution in [0.2, 0.25) is 0 Å². The van der Waals surface area contributed by atoms with Crippen LogP contribution in [-0.2, 0) is 6.54 Å². The van der Waals surface area contributed by atoms with E-state index >= 15 is 0 Å². The minimum Gasteiger partial charge on any atom is -0.493 e. The van der Waals surface area contributed by atoms with Crippen molar-refractivity contribution in [2.24, 2.45) is 0 Å². The predicted octanol–water partition coefficient (Wildman–Crippen LogP) is 1.22. The number of aromatic nitrogens is 1. The molecule has 0 aliphatic carbocycles. The van der Waals surface area contributed by atoms with E-state index in [2.05, 4.69) is 0 Å². The molecule has 0 saturated heterocycles. The maximum absolute atomic E-state index is 12.3. The molecule has 1 aromatic carbocycles. The molecule has 2 aromatic rings. The third-order valence-corrected chi connectivity index (χ3v) is 3.41. The second-order valence-corrected chi connectivity index (χ2v) is 4.69. The molecular formula is C16H17NO6. The van der Waals surface area contributed by atoms with E-state index in [9.17, 15) is 14.7 Å². The molecule has 0 saturated carbocycles. The van der Waals surface area contributed by atoms with Gasteiger partial charge in [0.15, 0.2) is 11.5 Å². The summed E-state index contributed by atoms with van der Waals surface area (Å²) in [6.07, 6.45) is 0. The van der Waals surface area contributed by atoms with Gasteiger partial charge in [0.1, 0.15) is 5.56 Å². The second kappa shape index (κ2) is 6.97. The van der Waals surface area contributed by atoms with Gasteiger partial charge < -0.3 is 24.3 Å². The summed E-state index contributed by atoms with van der Waals surface area (Å²) in [5.74, 6) is -0.287. The van der Waals surface area contributed by atoms with E-state index in [0.717, 1.165) is 0 Å². The van der Waals surface area contributed by atoms with Crippen LogP contribution in [0, 0.1) is 0 Å². The molecule has 7 heteroatoms. The number of aromatic carboxylic acids is 1. The topological polar surface area (TPSA) is 98.0 Å². The van der Waals surface area contributed by atoms with Crippen LogP contribution >= 0.6 is 0 Å². The number of carbonyl (C=O) groups is 1. The number of carboxylic acid groups (broad SMARTS) is 1. The zero-order valence-corrected chi connectivity index (χ0v) is 12.8. The second-order valence-electron chi connectivity index (χ2n) is 4.69. The van der Waals surface area contributed by atoms with Gasteiger partial charge in [0.2, 0.25) is 0 Å². The van der Waals surface area contributed by atoms with Gasteiger partial charge >= 0.3 is 5.97 Å². The smallest absolute Gasteiger partial charge is 0.341 e. The number of ether oxygens (including phenoxy) is 2. The summed E-state index contributed by atoms with van der Waals surface area (Å²) in [5, 5.41) is 18.2. The molecule has 122 valence electrons. The van der Waals surface area contributed by atoms with Crippen LogP contribution in [0.4, 0.5) is 0 Å². The fourth-order valence-electron chi connectivity index (χ4n) is 2.31. The lowest BCUT2D eigenvalue weighted by Gasteiger charge is -2.15. The molecule has 0 atom stereocenters. The number of aliphatic hydroxyl groups is 1.